The molecule has 0 spiro atoms. The summed E-state index contributed by atoms with van der Waals surface area (Å²) in [7, 11) is 1.35. The van der Waals surface area contributed by atoms with E-state index in [9.17, 15) is 9.59 Å². The first-order chi connectivity index (χ1) is 12.2. The number of ether oxygens (including phenoxy) is 1. The lowest BCUT2D eigenvalue weighted by atomic mass is 10.2. The maximum Gasteiger partial charge on any atom is 0.337 e. The molecule has 0 saturated heterocycles. The second-order valence-corrected chi connectivity index (χ2v) is 6.15. The molecule has 1 aromatic heterocycles. The Bertz CT molecular complexity index is 874. The van der Waals surface area contributed by atoms with E-state index in [1.807, 2.05) is 41.8 Å². The molecule has 5 nitrogen and oxygen atoms in total. The van der Waals surface area contributed by atoms with E-state index in [1.165, 1.54) is 18.4 Å². The zero-order chi connectivity index (χ0) is 17.6. The Kier molecular flexibility index (Phi) is 5.11. The van der Waals surface area contributed by atoms with E-state index in [0.717, 1.165) is 11.4 Å². The van der Waals surface area contributed by atoms with Crippen molar-refractivity contribution in [2.75, 3.05) is 17.7 Å². The number of hydrogen-bond acceptors (Lipinski definition) is 5. The summed E-state index contributed by atoms with van der Waals surface area (Å²) in [5, 5.41) is 7.93. The molecule has 1 amide bonds. The van der Waals surface area contributed by atoms with E-state index in [-0.39, 0.29) is 11.9 Å². The largest absolute Gasteiger partial charge is 0.465 e. The fourth-order valence-corrected chi connectivity index (χ4v) is 2.86. The third-order valence-electron chi connectivity index (χ3n) is 3.46. The third kappa shape index (κ3) is 4.24. The van der Waals surface area contributed by atoms with E-state index in [4.69, 9.17) is 4.74 Å². The van der Waals surface area contributed by atoms with Crippen LogP contribution in [0.5, 0.6) is 0 Å². The van der Waals surface area contributed by atoms with Gasteiger partial charge in [-0.05, 0) is 53.9 Å². The van der Waals surface area contributed by atoms with Crippen molar-refractivity contribution < 1.29 is 14.3 Å². The van der Waals surface area contributed by atoms with E-state index in [0.29, 0.717) is 16.1 Å². The Labute approximate surface area is 149 Å². The van der Waals surface area contributed by atoms with Crippen LogP contribution in [0.25, 0.3) is 0 Å². The summed E-state index contributed by atoms with van der Waals surface area (Å²) >= 11 is 1.40. The maximum atomic E-state index is 12.0. The molecule has 126 valence electrons. The lowest BCUT2D eigenvalue weighted by Crippen LogP contribution is -2.09. The minimum Gasteiger partial charge on any atom is -0.465 e. The van der Waals surface area contributed by atoms with Crippen LogP contribution in [0.3, 0.4) is 0 Å². The van der Waals surface area contributed by atoms with Crippen LogP contribution in [-0.4, -0.2) is 19.0 Å². The van der Waals surface area contributed by atoms with Crippen LogP contribution >= 0.6 is 11.3 Å². The molecule has 0 atom stereocenters. The lowest BCUT2D eigenvalue weighted by Gasteiger charge is -2.09. The number of methoxy groups -OCH3 is 1. The van der Waals surface area contributed by atoms with Gasteiger partial charge >= 0.3 is 5.97 Å². The van der Waals surface area contributed by atoms with E-state index >= 15 is 0 Å². The molecule has 0 unspecified atom stereocenters. The van der Waals surface area contributed by atoms with Crippen molar-refractivity contribution in [2.24, 2.45) is 0 Å². The molecule has 0 aliphatic carbocycles. The highest BCUT2D eigenvalue weighted by molar-refractivity contribution is 7.12. The number of esters is 1. The Morgan fingerprint density at radius 1 is 0.920 bits per heavy atom. The number of benzene rings is 2. The predicted molar refractivity (Wildman–Crippen MR) is 99.8 cm³/mol. The minimum atomic E-state index is -0.379. The van der Waals surface area contributed by atoms with Gasteiger partial charge in [-0.25, -0.2) is 4.79 Å². The molecule has 3 rings (SSSR count). The molecule has 2 aromatic carbocycles. The topological polar surface area (TPSA) is 67.4 Å². The van der Waals surface area contributed by atoms with Gasteiger partial charge in [0.15, 0.2) is 0 Å². The van der Waals surface area contributed by atoms with Crippen molar-refractivity contribution >= 4 is 40.3 Å². The highest BCUT2D eigenvalue weighted by atomic mass is 32.1. The average Bonchev–Trinajstić information content (AvgIpc) is 3.18. The Morgan fingerprint density at radius 2 is 1.68 bits per heavy atom. The quantitative estimate of drug-likeness (QED) is 0.662. The normalized spacial score (nSPS) is 10.1. The summed E-state index contributed by atoms with van der Waals surface area (Å²) in [6, 6.07) is 18.0. The number of hydrogen-bond donors (Lipinski definition) is 2. The standard InChI is InChI=1S/C19H16N2O3S/c1-24-19(23)13-4-2-5-16(12-13)20-14-7-9-15(10-8-14)21-18(22)17-6-3-11-25-17/h2-12,20H,1H3,(H,21,22). The van der Waals surface area contributed by atoms with Gasteiger partial charge < -0.3 is 15.4 Å². The van der Waals surface area contributed by atoms with Crippen molar-refractivity contribution in [1.82, 2.24) is 0 Å². The van der Waals surface area contributed by atoms with Gasteiger partial charge in [0.25, 0.3) is 5.91 Å². The number of thiophene rings is 1. The van der Waals surface area contributed by atoms with Crippen LogP contribution in [0.1, 0.15) is 20.0 Å². The zero-order valence-electron chi connectivity index (χ0n) is 13.5. The molecular weight excluding hydrogens is 336 g/mol. The molecule has 25 heavy (non-hydrogen) atoms. The number of rotatable bonds is 5. The first-order valence-corrected chi connectivity index (χ1v) is 8.44. The number of nitrogens with one attached hydrogen (secondary N) is 2. The second kappa shape index (κ2) is 7.63. The van der Waals surface area contributed by atoms with Crippen molar-refractivity contribution in [2.45, 2.75) is 0 Å². The van der Waals surface area contributed by atoms with Gasteiger partial charge in [0.05, 0.1) is 17.6 Å². The summed E-state index contributed by atoms with van der Waals surface area (Å²) in [4.78, 5) is 24.3. The maximum absolute atomic E-state index is 12.0. The van der Waals surface area contributed by atoms with Gasteiger partial charge in [-0.2, -0.15) is 0 Å². The van der Waals surface area contributed by atoms with Gasteiger partial charge in [-0.1, -0.05) is 12.1 Å². The first kappa shape index (κ1) is 16.7. The van der Waals surface area contributed by atoms with Gasteiger partial charge in [-0.3, -0.25) is 4.79 Å². The molecule has 0 bridgehead atoms. The van der Waals surface area contributed by atoms with Gasteiger partial charge in [-0.15, -0.1) is 11.3 Å². The SMILES string of the molecule is COC(=O)c1cccc(Nc2ccc(NC(=O)c3cccs3)cc2)c1. The van der Waals surface area contributed by atoms with Crippen LogP contribution < -0.4 is 10.6 Å². The van der Waals surface area contributed by atoms with Crippen LogP contribution in [0.15, 0.2) is 66.0 Å². The van der Waals surface area contributed by atoms with Gasteiger partial charge in [0.1, 0.15) is 0 Å². The molecule has 0 radical (unpaired) electrons. The molecule has 0 aliphatic rings. The molecule has 2 N–H and O–H groups in total. The molecule has 0 fully saturated rings. The van der Waals surface area contributed by atoms with E-state index in [2.05, 4.69) is 10.6 Å². The first-order valence-electron chi connectivity index (χ1n) is 7.56. The third-order valence-corrected chi connectivity index (χ3v) is 4.33. The molecule has 6 heteroatoms. The summed E-state index contributed by atoms with van der Waals surface area (Å²) < 4.78 is 4.72. The van der Waals surface area contributed by atoms with Gasteiger partial charge in [0, 0.05) is 17.1 Å². The zero-order valence-corrected chi connectivity index (χ0v) is 14.3. The summed E-state index contributed by atoms with van der Waals surface area (Å²) in [5.74, 6) is -0.503. The lowest BCUT2D eigenvalue weighted by molar-refractivity contribution is 0.0600. The molecular formula is C19H16N2O3S. The molecule has 0 aliphatic heterocycles. The van der Waals surface area contributed by atoms with Gasteiger partial charge in [0.2, 0.25) is 0 Å². The average molecular weight is 352 g/mol. The Morgan fingerprint density at radius 3 is 2.36 bits per heavy atom. The monoisotopic (exact) mass is 352 g/mol. The summed E-state index contributed by atoms with van der Waals surface area (Å²) in [6.45, 7) is 0. The molecule has 3 aromatic rings. The van der Waals surface area contributed by atoms with Crippen molar-refractivity contribution in [3.05, 3.63) is 76.5 Å². The Balaban J connectivity index is 1.67. The highest BCUT2D eigenvalue weighted by Crippen LogP contribution is 2.21. The van der Waals surface area contributed by atoms with Crippen molar-refractivity contribution in [3.63, 3.8) is 0 Å². The Hall–Kier alpha value is -3.12. The summed E-state index contributed by atoms with van der Waals surface area (Å²) in [6.07, 6.45) is 0. The highest BCUT2D eigenvalue weighted by Gasteiger charge is 2.07. The van der Waals surface area contributed by atoms with Crippen LogP contribution in [0.2, 0.25) is 0 Å². The van der Waals surface area contributed by atoms with Crippen LogP contribution in [0, 0.1) is 0 Å². The van der Waals surface area contributed by atoms with E-state index < -0.39 is 0 Å². The number of carbonyl (C=O) groups is 2. The second-order valence-electron chi connectivity index (χ2n) is 5.21. The van der Waals surface area contributed by atoms with Crippen molar-refractivity contribution in [1.29, 1.82) is 0 Å². The fraction of sp³-hybridized carbons (Fsp3) is 0.0526. The minimum absolute atomic E-state index is 0.124. The molecule has 0 saturated carbocycles. The fourth-order valence-electron chi connectivity index (χ4n) is 2.25. The number of anilines is 3. The summed E-state index contributed by atoms with van der Waals surface area (Å²) in [5.41, 5.74) is 2.81. The van der Waals surface area contributed by atoms with E-state index in [1.54, 1.807) is 24.3 Å². The number of amides is 1. The van der Waals surface area contributed by atoms with Crippen LogP contribution in [0.4, 0.5) is 17.1 Å². The molecule has 1 heterocycles. The number of carbonyl (C=O) groups excluding carboxylic acids is 2. The predicted octanol–water partition coefficient (Wildman–Crippen LogP) is 4.53. The van der Waals surface area contributed by atoms with Crippen molar-refractivity contribution in [3.8, 4) is 0 Å². The smallest absolute Gasteiger partial charge is 0.337 e. The van der Waals surface area contributed by atoms with Crippen LogP contribution in [-0.2, 0) is 4.74 Å².